The summed E-state index contributed by atoms with van der Waals surface area (Å²) in [5.41, 5.74) is 1.10. The Labute approximate surface area is 156 Å². The molecule has 2 heterocycles. The lowest BCUT2D eigenvalue weighted by Gasteiger charge is -2.27. The van der Waals surface area contributed by atoms with Gasteiger partial charge < -0.3 is 9.64 Å². The summed E-state index contributed by atoms with van der Waals surface area (Å²) in [6.45, 7) is 4.35. The Morgan fingerprint density at radius 3 is 2.52 bits per heavy atom. The first-order valence-electron chi connectivity index (χ1n) is 8.26. The quantitative estimate of drug-likeness (QED) is 0.569. The van der Waals surface area contributed by atoms with E-state index in [4.69, 9.17) is 4.74 Å². The van der Waals surface area contributed by atoms with Gasteiger partial charge in [0.1, 0.15) is 0 Å². The van der Waals surface area contributed by atoms with E-state index in [9.17, 15) is 18.5 Å². The fourth-order valence-electron chi connectivity index (χ4n) is 2.61. The Balaban J connectivity index is 1.73. The lowest BCUT2D eigenvalue weighted by molar-refractivity contribution is -0.384. The number of ether oxygens (including phenoxy) is 1. The van der Waals surface area contributed by atoms with Crippen molar-refractivity contribution in [3.63, 3.8) is 0 Å². The predicted octanol–water partition coefficient (Wildman–Crippen LogP) is 1.01. The fraction of sp³-hybridized carbons (Fsp3) is 0.375. The van der Waals surface area contributed by atoms with Crippen molar-refractivity contribution in [1.29, 1.82) is 0 Å². The van der Waals surface area contributed by atoms with Crippen LogP contribution in [0.15, 0.2) is 35.2 Å². The number of rotatable bonds is 6. The maximum Gasteiger partial charge on any atom is 0.269 e. The molecule has 2 aromatic rings. The van der Waals surface area contributed by atoms with Crippen LogP contribution in [0, 0.1) is 17.0 Å². The largest absolute Gasteiger partial charge is 0.378 e. The van der Waals surface area contributed by atoms with Crippen LogP contribution in [-0.2, 0) is 21.3 Å². The minimum atomic E-state index is -3.82. The third-order valence-corrected chi connectivity index (χ3v) is 5.41. The third kappa shape index (κ3) is 4.76. The van der Waals surface area contributed by atoms with Gasteiger partial charge in [-0.1, -0.05) is 0 Å². The highest BCUT2D eigenvalue weighted by atomic mass is 32.2. The van der Waals surface area contributed by atoms with Crippen molar-refractivity contribution in [2.45, 2.75) is 18.4 Å². The molecule has 3 rings (SSSR count). The van der Waals surface area contributed by atoms with Crippen LogP contribution < -0.4 is 9.62 Å². The molecule has 0 amide bonds. The molecular formula is C16H19N5O5S. The monoisotopic (exact) mass is 393 g/mol. The first kappa shape index (κ1) is 19.1. The highest BCUT2D eigenvalue weighted by Gasteiger charge is 2.18. The zero-order chi connectivity index (χ0) is 19.4. The molecule has 1 aromatic heterocycles. The molecule has 0 unspecified atom stereocenters. The van der Waals surface area contributed by atoms with Crippen molar-refractivity contribution in [3.8, 4) is 0 Å². The summed E-state index contributed by atoms with van der Waals surface area (Å²) in [6.07, 6.45) is 0. The van der Waals surface area contributed by atoms with Gasteiger partial charge in [-0.2, -0.15) is 0 Å². The average molecular weight is 393 g/mol. The fourth-order valence-corrected chi connectivity index (χ4v) is 3.61. The second-order valence-electron chi connectivity index (χ2n) is 5.98. The summed E-state index contributed by atoms with van der Waals surface area (Å²) in [7, 11) is -3.82. The van der Waals surface area contributed by atoms with Crippen LogP contribution in [0.4, 0.5) is 11.6 Å². The Bertz CT molecular complexity index is 927. The van der Waals surface area contributed by atoms with Crippen molar-refractivity contribution in [3.05, 3.63) is 51.8 Å². The minimum absolute atomic E-state index is 0.0139. The molecule has 0 saturated carbocycles. The maximum absolute atomic E-state index is 12.4. The van der Waals surface area contributed by atoms with Crippen LogP contribution in [-0.4, -0.2) is 49.6 Å². The van der Waals surface area contributed by atoms with Crippen molar-refractivity contribution in [2.75, 3.05) is 31.2 Å². The first-order chi connectivity index (χ1) is 12.8. The lowest BCUT2D eigenvalue weighted by atomic mass is 10.3. The summed E-state index contributed by atoms with van der Waals surface area (Å²) in [4.78, 5) is 20.9. The van der Waals surface area contributed by atoms with E-state index in [0.29, 0.717) is 37.9 Å². The first-order valence-corrected chi connectivity index (χ1v) is 9.75. The van der Waals surface area contributed by atoms with Gasteiger partial charge in [0, 0.05) is 30.9 Å². The molecule has 11 heteroatoms. The summed E-state index contributed by atoms with van der Waals surface area (Å²) in [6, 6.07) is 6.41. The van der Waals surface area contributed by atoms with E-state index in [0.717, 1.165) is 17.8 Å². The number of nitro benzene ring substituents is 1. The number of hydrogen-bond acceptors (Lipinski definition) is 8. The smallest absolute Gasteiger partial charge is 0.269 e. The van der Waals surface area contributed by atoms with Crippen LogP contribution in [0.25, 0.3) is 0 Å². The number of morpholine rings is 1. The minimum Gasteiger partial charge on any atom is -0.378 e. The number of benzene rings is 1. The molecule has 0 radical (unpaired) electrons. The molecule has 1 aliphatic heterocycles. The van der Waals surface area contributed by atoms with Crippen molar-refractivity contribution in [2.24, 2.45) is 0 Å². The molecule has 1 aromatic carbocycles. The standard InChI is InChI=1S/C16H19N5O5S/c1-12-10-13(19-16(18-12)20-6-8-26-9-7-20)11-17-27(24,25)15-4-2-14(3-5-15)21(22)23/h2-5,10,17H,6-9,11H2,1H3. The van der Waals surface area contributed by atoms with Gasteiger partial charge in [-0.25, -0.2) is 23.1 Å². The van der Waals surface area contributed by atoms with E-state index in [1.165, 1.54) is 12.1 Å². The van der Waals surface area contributed by atoms with Crippen LogP contribution in [0.2, 0.25) is 0 Å². The van der Waals surface area contributed by atoms with E-state index in [-0.39, 0.29) is 17.1 Å². The van der Waals surface area contributed by atoms with Crippen molar-refractivity contribution in [1.82, 2.24) is 14.7 Å². The second-order valence-corrected chi connectivity index (χ2v) is 7.74. The van der Waals surface area contributed by atoms with Crippen molar-refractivity contribution >= 4 is 21.7 Å². The zero-order valence-corrected chi connectivity index (χ0v) is 15.5. The number of nitrogens with zero attached hydrogens (tertiary/aromatic N) is 4. The molecule has 27 heavy (non-hydrogen) atoms. The molecule has 1 saturated heterocycles. The van der Waals surface area contributed by atoms with Gasteiger partial charge in [0.05, 0.1) is 35.3 Å². The molecular weight excluding hydrogens is 374 g/mol. The number of hydrogen-bond donors (Lipinski definition) is 1. The molecule has 0 spiro atoms. The second kappa shape index (κ2) is 7.94. The SMILES string of the molecule is Cc1cc(CNS(=O)(=O)c2ccc([N+](=O)[O-])cc2)nc(N2CCOCC2)n1. The average Bonchev–Trinajstić information content (AvgIpc) is 2.67. The zero-order valence-electron chi connectivity index (χ0n) is 14.7. The molecule has 0 aliphatic carbocycles. The van der Waals surface area contributed by atoms with Gasteiger partial charge in [0.15, 0.2) is 0 Å². The van der Waals surface area contributed by atoms with Gasteiger partial charge in [-0.05, 0) is 25.1 Å². The molecule has 144 valence electrons. The summed E-state index contributed by atoms with van der Waals surface area (Å²) >= 11 is 0. The van der Waals surface area contributed by atoms with Gasteiger partial charge in [-0.3, -0.25) is 10.1 Å². The normalized spacial score (nSPS) is 14.9. The van der Waals surface area contributed by atoms with E-state index in [1.807, 2.05) is 11.8 Å². The predicted molar refractivity (Wildman–Crippen MR) is 96.9 cm³/mol. The van der Waals surface area contributed by atoms with Crippen LogP contribution >= 0.6 is 0 Å². The Morgan fingerprint density at radius 1 is 1.22 bits per heavy atom. The number of aryl methyl sites for hydroxylation is 1. The summed E-state index contributed by atoms with van der Waals surface area (Å²) in [5, 5.41) is 10.7. The van der Waals surface area contributed by atoms with Crippen molar-refractivity contribution < 1.29 is 18.1 Å². The number of anilines is 1. The Morgan fingerprint density at radius 2 is 1.89 bits per heavy atom. The molecule has 1 N–H and O–H groups in total. The van der Waals surface area contributed by atoms with Crippen LogP contribution in [0.1, 0.15) is 11.4 Å². The summed E-state index contributed by atoms with van der Waals surface area (Å²) < 4.78 is 32.6. The number of sulfonamides is 1. The maximum atomic E-state index is 12.4. The van der Waals surface area contributed by atoms with Crippen LogP contribution in [0.3, 0.4) is 0 Å². The van der Waals surface area contributed by atoms with E-state index in [2.05, 4.69) is 14.7 Å². The molecule has 1 fully saturated rings. The van der Waals surface area contributed by atoms with E-state index in [1.54, 1.807) is 6.07 Å². The van der Waals surface area contributed by atoms with Gasteiger partial charge in [0.25, 0.3) is 5.69 Å². The number of aromatic nitrogens is 2. The van der Waals surface area contributed by atoms with E-state index < -0.39 is 14.9 Å². The van der Waals surface area contributed by atoms with E-state index >= 15 is 0 Å². The molecule has 0 atom stereocenters. The number of non-ortho nitro benzene ring substituents is 1. The van der Waals surface area contributed by atoms with Gasteiger partial charge >= 0.3 is 0 Å². The third-order valence-electron chi connectivity index (χ3n) is 3.99. The Kier molecular flexibility index (Phi) is 5.63. The summed E-state index contributed by atoms with van der Waals surface area (Å²) in [5.74, 6) is 0.544. The van der Waals surface area contributed by atoms with Crippen LogP contribution in [0.5, 0.6) is 0 Å². The van der Waals surface area contributed by atoms with Gasteiger partial charge in [0.2, 0.25) is 16.0 Å². The number of nitrogens with one attached hydrogen (secondary N) is 1. The highest BCUT2D eigenvalue weighted by Crippen LogP contribution is 2.17. The van der Waals surface area contributed by atoms with Gasteiger partial charge in [-0.15, -0.1) is 0 Å². The molecule has 1 aliphatic rings. The topological polar surface area (TPSA) is 128 Å². The number of nitro groups is 1. The Hall–Kier alpha value is -2.63. The molecule has 0 bridgehead atoms. The highest BCUT2D eigenvalue weighted by molar-refractivity contribution is 7.89. The molecule has 10 nitrogen and oxygen atoms in total. The lowest BCUT2D eigenvalue weighted by Crippen LogP contribution is -2.37.